The molecule has 0 radical (unpaired) electrons. The molecule has 1 aliphatic rings. The molecule has 7 nitrogen and oxygen atoms in total. The molecule has 3 aromatic rings. The number of hydrogen-bond donors (Lipinski definition) is 0. The Morgan fingerprint density at radius 3 is 2.59 bits per heavy atom. The van der Waals surface area contributed by atoms with Gasteiger partial charge in [0.2, 0.25) is 10.0 Å². The van der Waals surface area contributed by atoms with Gasteiger partial charge in [-0.1, -0.05) is 18.3 Å². The molecule has 1 amide bonds. The summed E-state index contributed by atoms with van der Waals surface area (Å²) in [5.41, 5.74) is 0.997. The Morgan fingerprint density at radius 2 is 1.91 bits per heavy atom. The van der Waals surface area contributed by atoms with Crippen LogP contribution in [0.3, 0.4) is 0 Å². The number of halogens is 1. The molecule has 2 aromatic carbocycles. The second kappa shape index (κ2) is 10.1. The number of fused-ring (bicyclic) bond motifs is 1. The first-order valence-electron chi connectivity index (χ1n) is 11.3. The first kappa shape index (κ1) is 24.7. The fourth-order valence-corrected chi connectivity index (χ4v) is 6.64. The number of thiazole rings is 1. The van der Waals surface area contributed by atoms with Crippen molar-refractivity contribution in [2.75, 3.05) is 45.2 Å². The maximum Gasteiger partial charge on any atom is 0.260 e. The number of rotatable bonds is 7. The van der Waals surface area contributed by atoms with E-state index >= 15 is 0 Å². The van der Waals surface area contributed by atoms with Crippen LogP contribution in [0, 0.1) is 11.7 Å². The third-order valence-corrected chi connectivity index (χ3v) is 8.87. The minimum atomic E-state index is -3.60. The van der Waals surface area contributed by atoms with Crippen LogP contribution in [-0.4, -0.2) is 68.8 Å². The zero-order valence-corrected chi connectivity index (χ0v) is 21.2. The molecular formula is C24H29FN4O3S2. The van der Waals surface area contributed by atoms with Crippen molar-refractivity contribution < 1.29 is 17.6 Å². The lowest BCUT2D eigenvalue weighted by Crippen LogP contribution is -2.39. The number of carbonyl (C=O) groups is 1. The minimum Gasteiger partial charge on any atom is -0.308 e. The topological polar surface area (TPSA) is 73.8 Å². The molecule has 0 bridgehead atoms. The number of likely N-dealkylation sites (N-methyl/N-ethyl adjacent to an activating group) is 1. The van der Waals surface area contributed by atoms with E-state index in [1.54, 1.807) is 23.1 Å². The Kier molecular flexibility index (Phi) is 7.32. The molecule has 1 aromatic heterocycles. The highest BCUT2D eigenvalue weighted by Gasteiger charge is 2.29. The molecule has 0 N–H and O–H groups in total. The number of nitrogens with zero attached hydrogens (tertiary/aromatic N) is 4. The second-order valence-electron chi connectivity index (χ2n) is 9.00. The zero-order valence-electron chi connectivity index (χ0n) is 19.6. The number of hydrogen-bond acceptors (Lipinski definition) is 6. The summed E-state index contributed by atoms with van der Waals surface area (Å²) in [4.78, 5) is 21.7. The Balaban J connectivity index is 1.60. The maximum absolute atomic E-state index is 13.7. The van der Waals surface area contributed by atoms with Crippen LogP contribution in [0.1, 0.15) is 30.1 Å². The van der Waals surface area contributed by atoms with Crippen molar-refractivity contribution >= 4 is 42.6 Å². The van der Waals surface area contributed by atoms with Crippen molar-refractivity contribution in [1.82, 2.24) is 14.2 Å². The van der Waals surface area contributed by atoms with Gasteiger partial charge in [-0.15, -0.1) is 0 Å². The van der Waals surface area contributed by atoms with Gasteiger partial charge in [-0.25, -0.2) is 17.8 Å². The van der Waals surface area contributed by atoms with Crippen molar-refractivity contribution in [2.45, 2.75) is 24.7 Å². The third-order valence-electron chi connectivity index (χ3n) is 5.94. The van der Waals surface area contributed by atoms with Gasteiger partial charge in [-0.2, -0.15) is 4.31 Å². The van der Waals surface area contributed by atoms with Gasteiger partial charge < -0.3 is 4.90 Å². The fourth-order valence-electron chi connectivity index (χ4n) is 4.02. The van der Waals surface area contributed by atoms with Crippen LogP contribution in [0.2, 0.25) is 0 Å². The van der Waals surface area contributed by atoms with Crippen LogP contribution in [0.4, 0.5) is 9.52 Å². The van der Waals surface area contributed by atoms with Gasteiger partial charge in [0.25, 0.3) is 5.91 Å². The van der Waals surface area contributed by atoms with E-state index in [2.05, 4.69) is 11.9 Å². The first-order valence-corrected chi connectivity index (χ1v) is 13.5. The number of piperidine rings is 1. The van der Waals surface area contributed by atoms with E-state index in [1.165, 1.54) is 39.9 Å². The van der Waals surface area contributed by atoms with Crippen LogP contribution in [-0.2, 0) is 10.0 Å². The van der Waals surface area contributed by atoms with Crippen molar-refractivity contribution in [3.63, 3.8) is 0 Å². The van der Waals surface area contributed by atoms with E-state index in [0.717, 1.165) is 12.8 Å². The van der Waals surface area contributed by atoms with Gasteiger partial charge in [0.05, 0.1) is 15.1 Å². The lowest BCUT2D eigenvalue weighted by atomic mass is 10.0. The van der Waals surface area contributed by atoms with Gasteiger partial charge in [-0.3, -0.25) is 9.69 Å². The highest BCUT2D eigenvalue weighted by atomic mass is 32.2. The number of benzene rings is 2. The Bertz CT molecular complexity index is 1280. The fraction of sp³-hybridized carbons (Fsp3) is 0.417. The molecule has 10 heteroatoms. The standard InChI is InChI=1S/C24H29FN4O3S2/c1-17-5-4-12-28(16-17)34(31,32)20-9-6-18(7-10-20)23(30)29(14-13-27(2)3)24-26-21-11-8-19(25)15-22(21)33-24/h6-11,15,17H,4-5,12-14,16H2,1-3H3. The lowest BCUT2D eigenvalue weighted by molar-refractivity contribution is 0.0985. The monoisotopic (exact) mass is 504 g/mol. The van der Waals surface area contributed by atoms with Crippen LogP contribution in [0.15, 0.2) is 47.4 Å². The van der Waals surface area contributed by atoms with Crippen molar-refractivity contribution in [3.8, 4) is 0 Å². The summed E-state index contributed by atoms with van der Waals surface area (Å²) >= 11 is 1.25. The van der Waals surface area contributed by atoms with Crippen LogP contribution in [0.25, 0.3) is 10.2 Å². The van der Waals surface area contributed by atoms with E-state index in [4.69, 9.17) is 0 Å². The predicted molar refractivity (Wildman–Crippen MR) is 133 cm³/mol. The summed E-state index contributed by atoms with van der Waals surface area (Å²) in [7, 11) is 0.232. The molecule has 0 spiro atoms. The summed E-state index contributed by atoms with van der Waals surface area (Å²) in [6, 6.07) is 10.5. The smallest absolute Gasteiger partial charge is 0.260 e. The van der Waals surface area contributed by atoms with Gasteiger partial charge in [-0.05, 0) is 75.3 Å². The molecule has 1 aliphatic heterocycles. The lowest BCUT2D eigenvalue weighted by Gasteiger charge is -2.30. The highest BCUT2D eigenvalue weighted by molar-refractivity contribution is 7.89. The van der Waals surface area contributed by atoms with Crippen molar-refractivity contribution in [2.24, 2.45) is 5.92 Å². The molecule has 2 heterocycles. The molecule has 4 rings (SSSR count). The summed E-state index contributed by atoms with van der Waals surface area (Å²) < 4.78 is 42.0. The average Bonchev–Trinajstić information content (AvgIpc) is 3.21. The Labute approximate surface area is 203 Å². The van der Waals surface area contributed by atoms with Crippen LogP contribution >= 0.6 is 11.3 Å². The van der Waals surface area contributed by atoms with Gasteiger partial charge in [0.1, 0.15) is 5.82 Å². The zero-order chi connectivity index (χ0) is 24.5. The molecular weight excluding hydrogens is 475 g/mol. The highest BCUT2D eigenvalue weighted by Crippen LogP contribution is 2.31. The Hall–Kier alpha value is -2.40. The molecule has 1 unspecified atom stereocenters. The number of sulfonamides is 1. The summed E-state index contributed by atoms with van der Waals surface area (Å²) in [5.74, 6) is -0.303. The van der Waals surface area contributed by atoms with E-state index in [-0.39, 0.29) is 16.6 Å². The quantitative estimate of drug-likeness (QED) is 0.485. The molecule has 34 heavy (non-hydrogen) atoms. The van der Waals surface area contributed by atoms with Crippen LogP contribution in [0.5, 0.6) is 0 Å². The summed E-state index contributed by atoms with van der Waals surface area (Å²) in [6.07, 6.45) is 1.88. The molecule has 0 saturated carbocycles. The van der Waals surface area contributed by atoms with E-state index in [9.17, 15) is 17.6 Å². The number of amides is 1. The van der Waals surface area contributed by atoms with E-state index < -0.39 is 10.0 Å². The summed E-state index contributed by atoms with van der Waals surface area (Å²) in [5, 5.41) is 0.478. The van der Waals surface area contributed by atoms with E-state index in [1.807, 2.05) is 19.0 Å². The molecule has 1 atom stereocenters. The van der Waals surface area contributed by atoms with E-state index in [0.29, 0.717) is 53.0 Å². The predicted octanol–water partition coefficient (Wildman–Crippen LogP) is 4.06. The minimum absolute atomic E-state index is 0.188. The van der Waals surface area contributed by atoms with Crippen LogP contribution < -0.4 is 4.90 Å². The van der Waals surface area contributed by atoms with Crippen molar-refractivity contribution in [3.05, 3.63) is 53.8 Å². The van der Waals surface area contributed by atoms with Gasteiger partial charge in [0.15, 0.2) is 5.13 Å². The number of aromatic nitrogens is 1. The molecule has 1 saturated heterocycles. The number of anilines is 1. The Morgan fingerprint density at radius 1 is 1.18 bits per heavy atom. The first-order chi connectivity index (χ1) is 16.1. The molecule has 0 aliphatic carbocycles. The molecule has 182 valence electrons. The van der Waals surface area contributed by atoms with Gasteiger partial charge >= 0.3 is 0 Å². The molecule has 1 fully saturated rings. The maximum atomic E-state index is 13.7. The number of carbonyl (C=O) groups excluding carboxylic acids is 1. The average molecular weight is 505 g/mol. The third kappa shape index (κ3) is 5.30. The summed E-state index contributed by atoms with van der Waals surface area (Å²) in [6.45, 7) is 4.08. The van der Waals surface area contributed by atoms with Crippen molar-refractivity contribution in [1.29, 1.82) is 0 Å². The largest absolute Gasteiger partial charge is 0.308 e. The normalized spacial score (nSPS) is 17.4. The van der Waals surface area contributed by atoms with Gasteiger partial charge in [0, 0.05) is 31.7 Å². The SMILES string of the molecule is CC1CCCN(S(=O)(=O)c2ccc(C(=O)N(CCN(C)C)c3nc4ccc(F)cc4s3)cc2)C1. The second-order valence-corrected chi connectivity index (χ2v) is 12.0.